The predicted molar refractivity (Wildman–Crippen MR) is 52.3 cm³/mol. The van der Waals surface area contributed by atoms with Gasteiger partial charge in [-0.1, -0.05) is 13.8 Å². The second kappa shape index (κ2) is 6.50. The van der Waals surface area contributed by atoms with Crippen LogP contribution < -0.4 is 5.32 Å². The summed E-state index contributed by atoms with van der Waals surface area (Å²) in [4.78, 5) is 10.7. The van der Waals surface area contributed by atoms with Crippen molar-refractivity contribution in [3.63, 3.8) is 0 Å². The molecular weight excluding hydrogens is 166 g/mol. The van der Waals surface area contributed by atoms with Gasteiger partial charge in [-0.3, -0.25) is 4.79 Å². The van der Waals surface area contributed by atoms with E-state index in [2.05, 4.69) is 11.2 Å². The van der Waals surface area contributed by atoms with Gasteiger partial charge in [-0.2, -0.15) is 0 Å². The molecule has 0 bridgehead atoms. The number of rotatable bonds is 6. The molecular formula is C10H17NO2. The highest BCUT2D eigenvalue weighted by Crippen LogP contribution is 2.04. The Morgan fingerprint density at radius 2 is 2.23 bits per heavy atom. The molecule has 74 valence electrons. The first-order chi connectivity index (χ1) is 6.07. The van der Waals surface area contributed by atoms with Gasteiger partial charge in [-0.25, -0.2) is 0 Å². The molecule has 1 atom stereocenters. The number of carboxylic acids is 1. The van der Waals surface area contributed by atoms with Gasteiger partial charge < -0.3 is 10.4 Å². The zero-order valence-corrected chi connectivity index (χ0v) is 8.21. The molecule has 0 spiro atoms. The fourth-order valence-corrected chi connectivity index (χ4v) is 1.06. The number of hydrogen-bond donors (Lipinski definition) is 2. The van der Waals surface area contributed by atoms with Gasteiger partial charge in [-0.05, 0) is 12.3 Å². The van der Waals surface area contributed by atoms with E-state index in [9.17, 15) is 4.79 Å². The van der Waals surface area contributed by atoms with Crippen LogP contribution in [0.4, 0.5) is 0 Å². The molecule has 0 aliphatic rings. The molecule has 3 heteroatoms. The van der Waals surface area contributed by atoms with Crippen LogP contribution in [0.2, 0.25) is 0 Å². The molecule has 0 rings (SSSR count). The highest BCUT2D eigenvalue weighted by atomic mass is 16.4. The second-order valence-corrected chi connectivity index (χ2v) is 3.43. The highest BCUT2D eigenvalue weighted by molar-refractivity contribution is 5.73. The molecule has 0 aliphatic heterocycles. The molecule has 13 heavy (non-hydrogen) atoms. The fraction of sp³-hybridized carbons (Fsp3) is 0.700. The number of hydrogen-bond acceptors (Lipinski definition) is 2. The van der Waals surface area contributed by atoms with Gasteiger partial charge in [0.15, 0.2) is 0 Å². The van der Waals surface area contributed by atoms with Crippen LogP contribution in [0.25, 0.3) is 0 Å². The molecule has 0 aromatic carbocycles. The third-order valence-electron chi connectivity index (χ3n) is 1.67. The Morgan fingerprint density at radius 1 is 1.62 bits per heavy atom. The smallest absolute Gasteiger partial charge is 0.320 e. The van der Waals surface area contributed by atoms with Crippen LogP contribution in [0.1, 0.15) is 26.7 Å². The van der Waals surface area contributed by atoms with Crippen molar-refractivity contribution in [1.82, 2.24) is 5.32 Å². The van der Waals surface area contributed by atoms with Crippen molar-refractivity contribution in [1.29, 1.82) is 0 Å². The van der Waals surface area contributed by atoms with Gasteiger partial charge >= 0.3 is 5.97 Å². The van der Waals surface area contributed by atoms with Gasteiger partial charge in [0.2, 0.25) is 0 Å². The Bertz CT molecular complexity index is 194. The lowest BCUT2D eigenvalue weighted by molar-refractivity contribution is -0.139. The van der Waals surface area contributed by atoms with Crippen LogP contribution in [-0.2, 0) is 4.79 Å². The molecule has 0 fully saturated rings. The zero-order valence-electron chi connectivity index (χ0n) is 8.21. The van der Waals surface area contributed by atoms with Crippen molar-refractivity contribution in [3.05, 3.63) is 0 Å². The van der Waals surface area contributed by atoms with Crippen LogP contribution in [0.3, 0.4) is 0 Å². The minimum atomic E-state index is -0.800. The van der Waals surface area contributed by atoms with E-state index in [1.165, 1.54) is 0 Å². The van der Waals surface area contributed by atoms with Gasteiger partial charge in [0.05, 0.1) is 0 Å². The van der Waals surface area contributed by atoms with Crippen LogP contribution in [0, 0.1) is 18.3 Å². The Balaban J connectivity index is 3.82. The average molecular weight is 183 g/mol. The molecule has 0 aromatic rings. The molecule has 1 unspecified atom stereocenters. The summed E-state index contributed by atoms with van der Waals surface area (Å²) in [5.74, 6) is 2.03. The largest absolute Gasteiger partial charge is 0.480 e. The first-order valence-corrected chi connectivity index (χ1v) is 4.47. The first kappa shape index (κ1) is 12.0. The average Bonchev–Trinajstić information content (AvgIpc) is 2.02. The summed E-state index contributed by atoms with van der Waals surface area (Å²) >= 11 is 0. The molecule has 0 aromatic heterocycles. The molecule has 3 nitrogen and oxygen atoms in total. The van der Waals surface area contributed by atoms with Crippen molar-refractivity contribution < 1.29 is 9.90 Å². The molecule has 0 saturated heterocycles. The molecule has 0 amide bonds. The molecule has 2 N–H and O–H groups in total. The Hall–Kier alpha value is -1.01. The predicted octanol–water partition coefficient (Wildman–Crippen LogP) is 1.10. The van der Waals surface area contributed by atoms with Crippen molar-refractivity contribution >= 4 is 5.97 Å². The van der Waals surface area contributed by atoms with Crippen LogP contribution in [-0.4, -0.2) is 23.7 Å². The molecule has 0 aliphatic carbocycles. The van der Waals surface area contributed by atoms with E-state index >= 15 is 0 Å². The first-order valence-electron chi connectivity index (χ1n) is 4.47. The number of aliphatic carboxylic acids is 1. The lowest BCUT2D eigenvalue weighted by Crippen LogP contribution is -2.38. The Morgan fingerprint density at radius 3 is 2.62 bits per heavy atom. The van der Waals surface area contributed by atoms with Crippen molar-refractivity contribution in [3.8, 4) is 12.3 Å². The standard InChI is InChI=1S/C10H17NO2/c1-4-5-6-11-9(10(12)13)7-8(2)3/h1,8-9,11H,5-7H2,2-3H3,(H,12,13). The third-order valence-corrected chi connectivity index (χ3v) is 1.67. The minimum absolute atomic E-state index is 0.374. The van der Waals surface area contributed by atoms with Crippen LogP contribution >= 0.6 is 0 Å². The van der Waals surface area contributed by atoms with E-state index in [-0.39, 0.29) is 0 Å². The maximum atomic E-state index is 10.7. The van der Waals surface area contributed by atoms with Gasteiger partial charge in [0.1, 0.15) is 6.04 Å². The van der Waals surface area contributed by atoms with E-state index in [0.717, 1.165) is 0 Å². The number of nitrogens with one attached hydrogen (secondary N) is 1. The Kier molecular flexibility index (Phi) is 5.99. The summed E-state index contributed by atoms with van der Waals surface area (Å²) in [6.45, 7) is 4.57. The van der Waals surface area contributed by atoms with Gasteiger partial charge in [-0.15, -0.1) is 12.3 Å². The van der Waals surface area contributed by atoms with Crippen molar-refractivity contribution in [2.24, 2.45) is 5.92 Å². The normalized spacial score (nSPS) is 12.5. The van der Waals surface area contributed by atoms with E-state index in [1.54, 1.807) is 0 Å². The number of carboxylic acid groups (broad SMARTS) is 1. The zero-order chi connectivity index (χ0) is 10.3. The lowest BCUT2D eigenvalue weighted by Gasteiger charge is -2.15. The molecule has 0 radical (unpaired) electrons. The monoisotopic (exact) mass is 183 g/mol. The third kappa shape index (κ3) is 6.18. The van der Waals surface area contributed by atoms with Crippen molar-refractivity contribution in [2.45, 2.75) is 32.7 Å². The summed E-state index contributed by atoms with van der Waals surface area (Å²) in [6.07, 6.45) is 6.26. The minimum Gasteiger partial charge on any atom is -0.480 e. The summed E-state index contributed by atoms with van der Waals surface area (Å²) in [6, 6.07) is -0.464. The van der Waals surface area contributed by atoms with E-state index in [4.69, 9.17) is 11.5 Å². The quantitative estimate of drug-likeness (QED) is 0.479. The summed E-state index contributed by atoms with van der Waals surface area (Å²) in [5, 5.41) is 11.7. The topological polar surface area (TPSA) is 49.3 Å². The van der Waals surface area contributed by atoms with Gasteiger partial charge in [0, 0.05) is 13.0 Å². The summed E-state index contributed by atoms with van der Waals surface area (Å²) in [7, 11) is 0. The fourth-order valence-electron chi connectivity index (χ4n) is 1.06. The number of terminal acetylenes is 1. The van der Waals surface area contributed by atoms with Gasteiger partial charge in [0.25, 0.3) is 0 Å². The van der Waals surface area contributed by atoms with E-state index < -0.39 is 12.0 Å². The molecule has 0 heterocycles. The SMILES string of the molecule is C#CCCNC(CC(C)C)C(=O)O. The summed E-state index contributed by atoms with van der Waals surface area (Å²) < 4.78 is 0. The van der Waals surface area contributed by atoms with E-state index in [0.29, 0.717) is 25.3 Å². The summed E-state index contributed by atoms with van der Waals surface area (Å²) in [5.41, 5.74) is 0. The van der Waals surface area contributed by atoms with E-state index in [1.807, 2.05) is 13.8 Å². The molecule has 0 saturated carbocycles. The van der Waals surface area contributed by atoms with Crippen LogP contribution in [0.5, 0.6) is 0 Å². The Labute approximate surface area is 79.5 Å². The second-order valence-electron chi connectivity index (χ2n) is 3.43. The van der Waals surface area contributed by atoms with Crippen molar-refractivity contribution in [2.75, 3.05) is 6.54 Å². The lowest BCUT2D eigenvalue weighted by atomic mass is 10.0. The highest BCUT2D eigenvalue weighted by Gasteiger charge is 2.17. The van der Waals surface area contributed by atoms with Crippen LogP contribution in [0.15, 0.2) is 0 Å². The maximum absolute atomic E-state index is 10.7. The maximum Gasteiger partial charge on any atom is 0.320 e. The number of carbonyl (C=O) groups is 1.